The Kier molecular flexibility index (Phi) is 5.03. The first-order valence-corrected chi connectivity index (χ1v) is 8.50. The van der Waals surface area contributed by atoms with Crippen molar-refractivity contribution in [1.29, 1.82) is 0 Å². The molecule has 0 spiro atoms. The summed E-state index contributed by atoms with van der Waals surface area (Å²) in [6.07, 6.45) is 0.378. The predicted molar refractivity (Wildman–Crippen MR) is 102 cm³/mol. The molecule has 3 rings (SSSR count). The quantitative estimate of drug-likeness (QED) is 0.350. The SMILES string of the molecule is C=C(C)C(=O)OC(CC)COc1c2ccccc2cc2ccccc12. The van der Waals surface area contributed by atoms with Gasteiger partial charge in [-0.25, -0.2) is 4.79 Å². The molecule has 3 nitrogen and oxygen atoms in total. The van der Waals surface area contributed by atoms with E-state index in [1.54, 1.807) is 6.92 Å². The van der Waals surface area contributed by atoms with Crippen LogP contribution in [-0.2, 0) is 9.53 Å². The van der Waals surface area contributed by atoms with E-state index in [2.05, 4.69) is 36.9 Å². The van der Waals surface area contributed by atoms with Crippen LogP contribution in [0, 0.1) is 0 Å². The molecule has 1 atom stereocenters. The van der Waals surface area contributed by atoms with E-state index in [9.17, 15) is 4.79 Å². The maximum atomic E-state index is 11.8. The van der Waals surface area contributed by atoms with Gasteiger partial charge in [-0.15, -0.1) is 0 Å². The van der Waals surface area contributed by atoms with Crippen LogP contribution in [0.2, 0.25) is 0 Å². The van der Waals surface area contributed by atoms with Crippen molar-refractivity contribution < 1.29 is 14.3 Å². The van der Waals surface area contributed by atoms with Gasteiger partial charge in [-0.05, 0) is 30.2 Å². The second-order valence-electron chi connectivity index (χ2n) is 6.17. The topological polar surface area (TPSA) is 35.5 Å². The minimum absolute atomic E-state index is 0.304. The second kappa shape index (κ2) is 7.39. The fourth-order valence-corrected chi connectivity index (χ4v) is 2.79. The Balaban J connectivity index is 1.93. The summed E-state index contributed by atoms with van der Waals surface area (Å²) in [5.41, 5.74) is 0.397. The van der Waals surface area contributed by atoms with E-state index in [-0.39, 0.29) is 12.1 Å². The molecule has 1 unspecified atom stereocenters. The normalized spacial score (nSPS) is 12.1. The molecule has 0 saturated carbocycles. The molecule has 0 radical (unpaired) electrons. The zero-order chi connectivity index (χ0) is 17.8. The summed E-state index contributed by atoms with van der Waals surface area (Å²) in [7, 11) is 0. The first-order chi connectivity index (χ1) is 12.1. The molecule has 0 aliphatic carbocycles. The van der Waals surface area contributed by atoms with Crippen LogP contribution in [0.1, 0.15) is 20.3 Å². The van der Waals surface area contributed by atoms with Crippen LogP contribution in [-0.4, -0.2) is 18.7 Å². The van der Waals surface area contributed by atoms with Gasteiger partial charge < -0.3 is 9.47 Å². The Hall–Kier alpha value is -2.81. The van der Waals surface area contributed by atoms with Gasteiger partial charge in [0.05, 0.1) is 0 Å². The molecule has 0 amide bonds. The number of fused-ring (bicyclic) bond motifs is 2. The highest BCUT2D eigenvalue weighted by Gasteiger charge is 2.16. The second-order valence-corrected chi connectivity index (χ2v) is 6.17. The Bertz CT molecular complexity index is 873. The van der Waals surface area contributed by atoms with Crippen molar-refractivity contribution in [2.24, 2.45) is 0 Å². The van der Waals surface area contributed by atoms with E-state index < -0.39 is 0 Å². The average molecular weight is 334 g/mol. The van der Waals surface area contributed by atoms with Gasteiger partial charge in [0, 0.05) is 16.3 Å². The summed E-state index contributed by atoms with van der Waals surface area (Å²) < 4.78 is 11.6. The van der Waals surface area contributed by atoms with Crippen LogP contribution in [0.15, 0.2) is 66.7 Å². The van der Waals surface area contributed by atoms with Gasteiger partial charge >= 0.3 is 5.97 Å². The number of hydrogen-bond donors (Lipinski definition) is 0. The van der Waals surface area contributed by atoms with Crippen LogP contribution >= 0.6 is 0 Å². The van der Waals surface area contributed by atoms with Crippen molar-refractivity contribution in [3.8, 4) is 5.75 Å². The number of carbonyl (C=O) groups is 1. The lowest BCUT2D eigenvalue weighted by atomic mass is 10.0. The van der Waals surface area contributed by atoms with Crippen LogP contribution in [0.5, 0.6) is 5.75 Å². The largest absolute Gasteiger partial charge is 0.488 e. The van der Waals surface area contributed by atoms with Crippen LogP contribution in [0.25, 0.3) is 21.5 Å². The van der Waals surface area contributed by atoms with Crippen LogP contribution in [0.3, 0.4) is 0 Å². The Morgan fingerprint density at radius 1 is 1.04 bits per heavy atom. The monoisotopic (exact) mass is 334 g/mol. The lowest BCUT2D eigenvalue weighted by Crippen LogP contribution is -2.24. The molecule has 0 heterocycles. The minimum Gasteiger partial charge on any atom is -0.488 e. The van der Waals surface area contributed by atoms with Crippen LogP contribution in [0.4, 0.5) is 0 Å². The number of hydrogen-bond acceptors (Lipinski definition) is 3. The van der Waals surface area contributed by atoms with Crippen molar-refractivity contribution in [1.82, 2.24) is 0 Å². The van der Waals surface area contributed by atoms with Crippen molar-refractivity contribution in [3.63, 3.8) is 0 Å². The first-order valence-electron chi connectivity index (χ1n) is 8.50. The molecule has 3 heteroatoms. The van der Waals surface area contributed by atoms with Gasteiger partial charge in [-0.2, -0.15) is 0 Å². The van der Waals surface area contributed by atoms with Gasteiger partial charge in [-0.3, -0.25) is 0 Å². The van der Waals surface area contributed by atoms with Gasteiger partial charge in [0.25, 0.3) is 0 Å². The molecule has 0 N–H and O–H groups in total. The van der Waals surface area contributed by atoms with Crippen molar-refractivity contribution in [2.75, 3.05) is 6.61 Å². The molecule has 128 valence electrons. The zero-order valence-electron chi connectivity index (χ0n) is 14.6. The zero-order valence-corrected chi connectivity index (χ0v) is 14.6. The molecule has 0 saturated heterocycles. The number of benzene rings is 3. The summed E-state index contributed by atoms with van der Waals surface area (Å²) in [5.74, 6) is 0.455. The molecule has 0 aliphatic heterocycles. The van der Waals surface area contributed by atoms with Gasteiger partial charge in [0.1, 0.15) is 18.5 Å². The number of esters is 1. The number of ether oxygens (including phenoxy) is 2. The summed E-state index contributed by atoms with van der Waals surface area (Å²) in [5, 5.41) is 4.37. The molecule has 0 bridgehead atoms. The molecule has 0 fully saturated rings. The standard InChI is InChI=1S/C22H22O3/c1-4-18(25-22(23)15(2)3)14-24-21-19-11-7-5-9-16(19)13-17-10-6-8-12-20(17)21/h5-13,18H,2,4,14H2,1,3H3. The smallest absolute Gasteiger partial charge is 0.333 e. The predicted octanol–water partition coefficient (Wildman–Crippen LogP) is 5.27. The highest BCUT2D eigenvalue weighted by molar-refractivity contribution is 6.05. The average Bonchev–Trinajstić information content (AvgIpc) is 2.63. The number of carbonyl (C=O) groups excluding carboxylic acids is 1. The summed E-state index contributed by atoms with van der Waals surface area (Å²) in [6, 6.07) is 18.5. The third-order valence-electron chi connectivity index (χ3n) is 4.21. The minimum atomic E-state index is -0.377. The summed E-state index contributed by atoms with van der Waals surface area (Å²) >= 11 is 0. The van der Waals surface area contributed by atoms with Crippen molar-refractivity contribution in [2.45, 2.75) is 26.4 Å². The maximum Gasteiger partial charge on any atom is 0.333 e. The molecule has 25 heavy (non-hydrogen) atoms. The fourth-order valence-electron chi connectivity index (χ4n) is 2.79. The van der Waals surface area contributed by atoms with E-state index in [1.165, 1.54) is 0 Å². The van der Waals surface area contributed by atoms with Crippen molar-refractivity contribution in [3.05, 3.63) is 66.7 Å². The fraction of sp³-hybridized carbons (Fsp3) is 0.227. The Morgan fingerprint density at radius 2 is 1.60 bits per heavy atom. The number of rotatable bonds is 6. The summed E-state index contributed by atoms with van der Waals surface area (Å²) in [4.78, 5) is 11.8. The van der Waals surface area contributed by atoms with E-state index in [0.29, 0.717) is 18.6 Å². The van der Waals surface area contributed by atoms with Gasteiger partial charge in [0.2, 0.25) is 0 Å². The van der Waals surface area contributed by atoms with E-state index in [1.807, 2.05) is 31.2 Å². The van der Waals surface area contributed by atoms with E-state index >= 15 is 0 Å². The van der Waals surface area contributed by atoms with Gasteiger partial charge in [-0.1, -0.05) is 62.0 Å². The summed E-state index contributed by atoms with van der Waals surface area (Å²) in [6.45, 7) is 7.56. The molecule has 0 aromatic heterocycles. The third kappa shape index (κ3) is 3.66. The molecule has 3 aromatic rings. The lowest BCUT2D eigenvalue weighted by molar-refractivity contribution is -0.145. The third-order valence-corrected chi connectivity index (χ3v) is 4.21. The van der Waals surface area contributed by atoms with E-state index in [0.717, 1.165) is 27.3 Å². The van der Waals surface area contributed by atoms with Crippen LogP contribution < -0.4 is 4.74 Å². The molecule has 0 aliphatic rings. The molecular weight excluding hydrogens is 312 g/mol. The molecular formula is C22H22O3. The Morgan fingerprint density at radius 3 is 2.12 bits per heavy atom. The highest BCUT2D eigenvalue weighted by Crippen LogP contribution is 2.35. The van der Waals surface area contributed by atoms with Gasteiger partial charge in [0.15, 0.2) is 0 Å². The molecule has 3 aromatic carbocycles. The van der Waals surface area contributed by atoms with E-state index in [4.69, 9.17) is 9.47 Å². The highest BCUT2D eigenvalue weighted by atomic mass is 16.6. The lowest BCUT2D eigenvalue weighted by Gasteiger charge is -2.19. The maximum absolute atomic E-state index is 11.8. The van der Waals surface area contributed by atoms with Crippen molar-refractivity contribution >= 4 is 27.5 Å². The Labute approximate surface area is 147 Å². The first kappa shape index (κ1) is 17.0.